The van der Waals surface area contributed by atoms with E-state index in [9.17, 15) is 4.39 Å². The lowest BCUT2D eigenvalue weighted by Gasteiger charge is -2.32. The van der Waals surface area contributed by atoms with Crippen LogP contribution in [0.15, 0.2) is 42.6 Å². The van der Waals surface area contributed by atoms with Crippen LogP contribution in [0.3, 0.4) is 0 Å². The van der Waals surface area contributed by atoms with Crippen molar-refractivity contribution in [2.75, 3.05) is 0 Å². The molecule has 2 aromatic rings. The Labute approximate surface area is 118 Å². The zero-order valence-electron chi connectivity index (χ0n) is 11.6. The Morgan fingerprint density at radius 2 is 2.20 bits per heavy atom. The van der Waals surface area contributed by atoms with E-state index in [1.165, 1.54) is 11.6 Å². The number of benzene rings is 1. The summed E-state index contributed by atoms with van der Waals surface area (Å²) in [7, 11) is 0. The average Bonchev–Trinajstić information content (AvgIpc) is 2.82. The number of aryl methyl sites for hydroxylation is 1. The van der Waals surface area contributed by atoms with E-state index in [4.69, 9.17) is 5.73 Å². The van der Waals surface area contributed by atoms with Crippen LogP contribution in [0, 0.1) is 5.82 Å². The largest absolute Gasteiger partial charge is 0.324 e. The van der Waals surface area contributed by atoms with E-state index in [0.717, 1.165) is 24.1 Å². The number of rotatable bonds is 3. The molecule has 2 nitrogen and oxygen atoms in total. The zero-order chi connectivity index (χ0) is 14.2. The summed E-state index contributed by atoms with van der Waals surface area (Å²) in [6, 6.07) is 10.8. The Hall–Kier alpha value is -1.74. The minimum atomic E-state index is -0.409. The summed E-state index contributed by atoms with van der Waals surface area (Å²) < 4.78 is 13.3. The molecule has 0 saturated carbocycles. The van der Waals surface area contributed by atoms with Crippen molar-refractivity contribution in [2.24, 2.45) is 5.73 Å². The maximum absolute atomic E-state index is 13.3. The molecule has 0 fully saturated rings. The fourth-order valence-electron chi connectivity index (χ4n) is 3.26. The minimum absolute atomic E-state index is 0.205. The van der Waals surface area contributed by atoms with Gasteiger partial charge in [0.1, 0.15) is 5.82 Å². The lowest BCUT2D eigenvalue weighted by Crippen LogP contribution is -2.44. The molecule has 1 aliphatic carbocycles. The van der Waals surface area contributed by atoms with E-state index in [2.05, 4.69) is 11.1 Å². The number of nitrogens with two attached hydrogens (primary N) is 1. The minimum Gasteiger partial charge on any atom is -0.324 e. The number of fused-ring (bicyclic) bond motifs is 1. The third kappa shape index (κ3) is 2.46. The molecule has 104 valence electrons. The van der Waals surface area contributed by atoms with E-state index < -0.39 is 5.54 Å². The van der Waals surface area contributed by atoms with Crippen LogP contribution in [0.2, 0.25) is 0 Å². The van der Waals surface area contributed by atoms with Gasteiger partial charge in [0, 0.05) is 23.3 Å². The van der Waals surface area contributed by atoms with Crippen LogP contribution >= 0.6 is 0 Å². The second-order valence-corrected chi connectivity index (χ2v) is 5.95. The molecule has 0 spiro atoms. The van der Waals surface area contributed by atoms with E-state index in [1.54, 1.807) is 12.1 Å². The second kappa shape index (κ2) is 4.98. The molecule has 2 atom stereocenters. The third-order valence-corrected chi connectivity index (χ3v) is 4.23. The third-order valence-electron chi connectivity index (χ3n) is 4.23. The first-order valence-electron chi connectivity index (χ1n) is 7.03. The molecule has 0 aliphatic heterocycles. The molecule has 0 amide bonds. The molecule has 20 heavy (non-hydrogen) atoms. The van der Waals surface area contributed by atoms with E-state index in [-0.39, 0.29) is 11.7 Å². The molecule has 0 saturated heterocycles. The average molecular weight is 270 g/mol. The van der Waals surface area contributed by atoms with Gasteiger partial charge in [-0.25, -0.2) is 4.39 Å². The van der Waals surface area contributed by atoms with E-state index >= 15 is 0 Å². The summed E-state index contributed by atoms with van der Waals surface area (Å²) in [5, 5.41) is 0. The fraction of sp³-hybridized carbons (Fsp3) is 0.353. The lowest BCUT2D eigenvalue weighted by atomic mass is 9.80. The molecular formula is C17H19FN2. The predicted molar refractivity (Wildman–Crippen MR) is 78.0 cm³/mol. The molecular weight excluding hydrogens is 251 g/mol. The maximum atomic E-state index is 13.3. The normalized spacial score (nSPS) is 20.4. The number of hydrogen-bond donors (Lipinski definition) is 1. The SMILES string of the molecule is CC(N)(Cc1cccc(F)c1)C1CCc2cccnc21. The van der Waals surface area contributed by atoms with Crippen molar-refractivity contribution in [2.45, 2.75) is 37.6 Å². The number of hydrogen-bond acceptors (Lipinski definition) is 2. The standard InChI is InChI=1S/C17H19FN2/c1-17(19,11-12-4-2-6-14(18)10-12)15-8-7-13-5-3-9-20-16(13)15/h2-6,9-10,15H,7-8,11,19H2,1H3. The van der Waals surface area contributed by atoms with Crippen molar-refractivity contribution in [1.29, 1.82) is 0 Å². The topological polar surface area (TPSA) is 38.9 Å². The molecule has 2 unspecified atom stereocenters. The number of nitrogens with zero attached hydrogens (tertiary/aromatic N) is 1. The van der Waals surface area contributed by atoms with Gasteiger partial charge in [0.15, 0.2) is 0 Å². The van der Waals surface area contributed by atoms with Gasteiger partial charge in [-0.1, -0.05) is 18.2 Å². The highest BCUT2D eigenvalue weighted by Gasteiger charge is 2.37. The Bertz CT molecular complexity index is 622. The van der Waals surface area contributed by atoms with Crippen LogP contribution in [0.5, 0.6) is 0 Å². The molecule has 1 aromatic carbocycles. The van der Waals surface area contributed by atoms with Crippen molar-refractivity contribution < 1.29 is 4.39 Å². The summed E-state index contributed by atoms with van der Waals surface area (Å²) >= 11 is 0. The highest BCUT2D eigenvalue weighted by atomic mass is 19.1. The Morgan fingerprint density at radius 3 is 3.00 bits per heavy atom. The van der Waals surface area contributed by atoms with Gasteiger partial charge in [-0.05, 0) is 55.5 Å². The van der Waals surface area contributed by atoms with Gasteiger partial charge in [0.2, 0.25) is 0 Å². The quantitative estimate of drug-likeness (QED) is 0.930. The lowest BCUT2D eigenvalue weighted by molar-refractivity contribution is 0.366. The van der Waals surface area contributed by atoms with Crippen LogP contribution in [-0.4, -0.2) is 10.5 Å². The molecule has 1 heterocycles. The van der Waals surface area contributed by atoms with Crippen LogP contribution in [0.1, 0.15) is 36.1 Å². The summed E-state index contributed by atoms with van der Waals surface area (Å²) in [6.45, 7) is 2.05. The van der Waals surface area contributed by atoms with Gasteiger partial charge in [0.25, 0.3) is 0 Å². The van der Waals surface area contributed by atoms with Gasteiger partial charge in [-0.2, -0.15) is 0 Å². The maximum Gasteiger partial charge on any atom is 0.123 e. The van der Waals surface area contributed by atoms with Gasteiger partial charge in [0.05, 0.1) is 0 Å². The van der Waals surface area contributed by atoms with Gasteiger partial charge < -0.3 is 5.73 Å². The van der Waals surface area contributed by atoms with E-state index in [1.807, 2.05) is 25.3 Å². The van der Waals surface area contributed by atoms with Crippen LogP contribution in [0.25, 0.3) is 0 Å². The number of aromatic nitrogens is 1. The molecule has 3 heteroatoms. The molecule has 3 rings (SSSR count). The van der Waals surface area contributed by atoms with Crippen LogP contribution < -0.4 is 5.73 Å². The highest BCUT2D eigenvalue weighted by Crippen LogP contribution is 2.39. The van der Waals surface area contributed by atoms with Gasteiger partial charge >= 0.3 is 0 Å². The first-order chi connectivity index (χ1) is 9.56. The summed E-state index contributed by atoms with van der Waals surface area (Å²) in [6.07, 6.45) is 4.54. The second-order valence-electron chi connectivity index (χ2n) is 5.95. The zero-order valence-corrected chi connectivity index (χ0v) is 11.6. The van der Waals surface area contributed by atoms with Crippen molar-refractivity contribution in [3.05, 3.63) is 65.2 Å². The molecule has 1 aliphatic rings. The Balaban J connectivity index is 1.86. The van der Waals surface area contributed by atoms with Crippen molar-refractivity contribution in [1.82, 2.24) is 4.98 Å². The molecule has 1 aromatic heterocycles. The molecule has 0 bridgehead atoms. The van der Waals surface area contributed by atoms with Crippen molar-refractivity contribution in [3.8, 4) is 0 Å². The van der Waals surface area contributed by atoms with Crippen LogP contribution in [0.4, 0.5) is 4.39 Å². The first-order valence-corrected chi connectivity index (χ1v) is 7.03. The number of halogens is 1. The van der Waals surface area contributed by atoms with Gasteiger partial charge in [-0.15, -0.1) is 0 Å². The van der Waals surface area contributed by atoms with Crippen LogP contribution in [-0.2, 0) is 12.8 Å². The smallest absolute Gasteiger partial charge is 0.123 e. The first kappa shape index (κ1) is 13.3. The Morgan fingerprint density at radius 1 is 1.35 bits per heavy atom. The molecule has 0 radical (unpaired) electrons. The summed E-state index contributed by atoms with van der Waals surface area (Å²) in [4.78, 5) is 4.51. The van der Waals surface area contributed by atoms with Crippen molar-refractivity contribution >= 4 is 0 Å². The van der Waals surface area contributed by atoms with E-state index in [0.29, 0.717) is 6.42 Å². The fourth-order valence-corrected chi connectivity index (χ4v) is 3.26. The van der Waals surface area contributed by atoms with Crippen molar-refractivity contribution in [3.63, 3.8) is 0 Å². The monoisotopic (exact) mass is 270 g/mol. The predicted octanol–water partition coefficient (Wildman–Crippen LogP) is 3.21. The summed E-state index contributed by atoms with van der Waals surface area (Å²) in [5.74, 6) is 0.0326. The molecule has 2 N–H and O–H groups in total. The highest BCUT2D eigenvalue weighted by molar-refractivity contribution is 5.33. The number of pyridine rings is 1. The Kier molecular flexibility index (Phi) is 3.30. The van der Waals surface area contributed by atoms with Gasteiger partial charge in [-0.3, -0.25) is 4.98 Å². The summed E-state index contributed by atoms with van der Waals surface area (Å²) in [5.41, 5.74) is 9.51.